The molecule has 0 aromatic carbocycles. The molecular weight excluding hydrogens is 463 g/mol. The predicted octanol–water partition coefficient (Wildman–Crippen LogP) is 1.01. The van der Waals surface area contributed by atoms with Gasteiger partial charge in [-0.25, -0.2) is 18.2 Å². The van der Waals surface area contributed by atoms with Gasteiger partial charge in [0.25, 0.3) is 0 Å². The van der Waals surface area contributed by atoms with Crippen LogP contribution in [0.2, 0.25) is 0 Å². The van der Waals surface area contributed by atoms with E-state index < -0.39 is 40.8 Å². The Morgan fingerprint density at radius 1 is 1.31 bits per heavy atom. The van der Waals surface area contributed by atoms with E-state index in [0.717, 1.165) is 27.3 Å². The van der Waals surface area contributed by atoms with E-state index in [-0.39, 0.29) is 6.54 Å². The molecule has 1 aliphatic heterocycles. The van der Waals surface area contributed by atoms with Gasteiger partial charge in [-0.1, -0.05) is 0 Å². The Morgan fingerprint density at radius 2 is 1.97 bits per heavy atom. The van der Waals surface area contributed by atoms with Crippen LogP contribution in [0.1, 0.15) is 0 Å². The van der Waals surface area contributed by atoms with E-state index in [1.54, 1.807) is 18.5 Å². The number of halogens is 3. The summed E-state index contributed by atoms with van der Waals surface area (Å²) < 4.78 is 67.3. The van der Waals surface area contributed by atoms with Crippen molar-refractivity contribution in [2.75, 3.05) is 43.9 Å². The number of morpholine rings is 1. The number of carbonyl (C=O) groups is 2. The number of anilines is 1. The standard InChI is InChI=1S/C15H19N3O6S.C2HF3O2/c1-25(21,22)18(10-14(19)20)9-11-8-17(5-7-23-11)15-12-3-6-24-13(12)2-4-16-15;3-2(4,5)1(6)7/h2-4,6,11H,5,7-10H2,1H3,(H,19,20);(H,6,7). The second-order valence-corrected chi connectivity index (χ2v) is 8.64. The summed E-state index contributed by atoms with van der Waals surface area (Å²) in [5, 5.41) is 16.9. The lowest BCUT2D eigenvalue weighted by Crippen LogP contribution is -2.49. The van der Waals surface area contributed by atoms with E-state index in [2.05, 4.69) is 4.98 Å². The van der Waals surface area contributed by atoms with Crippen molar-refractivity contribution >= 4 is 38.7 Å². The molecule has 0 radical (unpaired) electrons. The number of hydrogen-bond donors (Lipinski definition) is 2. The molecule has 0 saturated carbocycles. The number of nitrogens with zero attached hydrogens (tertiary/aromatic N) is 3. The Hall–Kier alpha value is -2.91. The van der Waals surface area contributed by atoms with Crippen molar-refractivity contribution in [2.45, 2.75) is 12.3 Å². The van der Waals surface area contributed by atoms with Crippen molar-refractivity contribution in [1.29, 1.82) is 0 Å². The minimum absolute atomic E-state index is 0.0248. The van der Waals surface area contributed by atoms with E-state index in [0.29, 0.717) is 19.7 Å². The maximum absolute atomic E-state index is 11.8. The fourth-order valence-electron chi connectivity index (χ4n) is 2.85. The van der Waals surface area contributed by atoms with E-state index in [4.69, 9.17) is 24.2 Å². The molecule has 3 rings (SSSR count). The Labute approximate surface area is 180 Å². The largest absolute Gasteiger partial charge is 0.490 e. The van der Waals surface area contributed by atoms with Gasteiger partial charge in [-0.05, 0) is 12.1 Å². The molecule has 11 nitrogen and oxygen atoms in total. The number of carboxylic acid groups (broad SMARTS) is 2. The van der Waals surface area contributed by atoms with Gasteiger partial charge in [-0.15, -0.1) is 0 Å². The molecule has 3 heterocycles. The van der Waals surface area contributed by atoms with Crippen LogP contribution < -0.4 is 4.90 Å². The highest BCUT2D eigenvalue weighted by molar-refractivity contribution is 7.88. The number of carboxylic acids is 2. The van der Waals surface area contributed by atoms with Crippen molar-refractivity contribution in [1.82, 2.24) is 9.29 Å². The molecule has 1 unspecified atom stereocenters. The molecule has 178 valence electrons. The Morgan fingerprint density at radius 3 is 2.53 bits per heavy atom. The summed E-state index contributed by atoms with van der Waals surface area (Å²) in [5.74, 6) is -3.22. The number of hydrogen-bond acceptors (Lipinski definition) is 8. The summed E-state index contributed by atoms with van der Waals surface area (Å²) in [6.45, 7) is 0.789. The molecule has 1 atom stereocenters. The smallest absolute Gasteiger partial charge is 0.480 e. The Balaban J connectivity index is 0.000000451. The van der Waals surface area contributed by atoms with Gasteiger partial charge in [-0.2, -0.15) is 17.5 Å². The van der Waals surface area contributed by atoms with Crippen LogP contribution >= 0.6 is 0 Å². The van der Waals surface area contributed by atoms with Crippen LogP contribution in [0.5, 0.6) is 0 Å². The average molecular weight is 483 g/mol. The maximum Gasteiger partial charge on any atom is 0.490 e. The molecule has 2 aromatic heterocycles. The molecule has 0 amide bonds. The minimum Gasteiger partial charge on any atom is -0.480 e. The number of aromatic nitrogens is 1. The fourth-order valence-corrected chi connectivity index (χ4v) is 3.63. The Bertz CT molecular complexity index is 1060. The first-order valence-corrected chi connectivity index (χ1v) is 10.8. The van der Waals surface area contributed by atoms with Crippen molar-refractivity contribution in [3.8, 4) is 0 Å². The Kier molecular flexibility index (Phi) is 8.03. The number of pyridine rings is 1. The summed E-state index contributed by atoms with van der Waals surface area (Å²) in [5.41, 5.74) is 0.719. The number of fused-ring (bicyclic) bond motifs is 1. The first kappa shape index (κ1) is 25.4. The first-order chi connectivity index (χ1) is 14.8. The van der Waals surface area contributed by atoms with E-state index in [9.17, 15) is 26.4 Å². The second-order valence-electron chi connectivity index (χ2n) is 6.66. The van der Waals surface area contributed by atoms with Gasteiger partial charge >= 0.3 is 18.1 Å². The van der Waals surface area contributed by atoms with Gasteiger partial charge in [-0.3, -0.25) is 4.79 Å². The third-order valence-corrected chi connectivity index (χ3v) is 5.44. The van der Waals surface area contributed by atoms with Crippen molar-refractivity contribution in [3.05, 3.63) is 24.6 Å². The molecule has 15 heteroatoms. The number of aliphatic carboxylic acids is 2. The predicted molar refractivity (Wildman–Crippen MR) is 104 cm³/mol. The number of rotatable bonds is 6. The summed E-state index contributed by atoms with van der Waals surface area (Å²) in [6, 6.07) is 3.60. The minimum atomic E-state index is -5.08. The third-order valence-electron chi connectivity index (χ3n) is 4.23. The molecule has 2 aromatic rings. The van der Waals surface area contributed by atoms with E-state index in [1.807, 2.05) is 11.0 Å². The molecule has 1 aliphatic rings. The van der Waals surface area contributed by atoms with Crippen LogP contribution in [-0.2, 0) is 24.3 Å². The number of sulfonamides is 1. The zero-order valence-corrected chi connectivity index (χ0v) is 17.5. The molecule has 2 N–H and O–H groups in total. The average Bonchev–Trinajstić information content (AvgIpc) is 3.15. The lowest BCUT2D eigenvalue weighted by Gasteiger charge is -2.35. The molecule has 0 aliphatic carbocycles. The van der Waals surface area contributed by atoms with Crippen molar-refractivity contribution in [3.63, 3.8) is 0 Å². The van der Waals surface area contributed by atoms with Gasteiger partial charge in [0.15, 0.2) is 0 Å². The first-order valence-electron chi connectivity index (χ1n) is 8.95. The molecule has 32 heavy (non-hydrogen) atoms. The van der Waals surface area contributed by atoms with Crippen LogP contribution in [0.3, 0.4) is 0 Å². The van der Waals surface area contributed by atoms with E-state index >= 15 is 0 Å². The van der Waals surface area contributed by atoms with Crippen LogP contribution in [0, 0.1) is 0 Å². The van der Waals surface area contributed by atoms with Gasteiger partial charge in [0.05, 0.1) is 30.6 Å². The SMILES string of the molecule is CS(=O)(=O)N(CC(=O)O)CC1CN(c2nccc3occc23)CCO1.O=C(O)C(F)(F)F. The van der Waals surface area contributed by atoms with E-state index in [1.165, 1.54) is 0 Å². The van der Waals surface area contributed by atoms with Crippen LogP contribution in [0.15, 0.2) is 29.0 Å². The molecular formula is C17H20F3N3O8S. The molecule has 0 bridgehead atoms. The van der Waals surface area contributed by atoms with Crippen molar-refractivity contribution < 1.29 is 50.5 Å². The number of alkyl halides is 3. The zero-order chi connectivity index (χ0) is 24.1. The normalized spacial score (nSPS) is 17.2. The summed E-state index contributed by atoms with van der Waals surface area (Å²) in [6.07, 6.45) is -1.30. The topological polar surface area (TPSA) is 150 Å². The number of ether oxygens (including phenoxy) is 1. The van der Waals surface area contributed by atoms with Crippen LogP contribution in [0.25, 0.3) is 11.0 Å². The van der Waals surface area contributed by atoms with Gasteiger partial charge in [0.2, 0.25) is 10.0 Å². The van der Waals surface area contributed by atoms with Crippen LogP contribution in [-0.4, -0.2) is 91.2 Å². The lowest BCUT2D eigenvalue weighted by molar-refractivity contribution is -0.192. The van der Waals surface area contributed by atoms with Gasteiger partial charge in [0, 0.05) is 25.8 Å². The summed E-state index contributed by atoms with van der Waals surface area (Å²) in [7, 11) is -3.64. The monoisotopic (exact) mass is 483 g/mol. The number of furan rings is 1. The summed E-state index contributed by atoms with van der Waals surface area (Å²) >= 11 is 0. The second kappa shape index (κ2) is 10.1. The third kappa shape index (κ3) is 7.06. The molecule has 1 saturated heterocycles. The fraction of sp³-hybridized carbons (Fsp3) is 0.471. The maximum atomic E-state index is 11.8. The lowest BCUT2D eigenvalue weighted by atomic mass is 10.2. The highest BCUT2D eigenvalue weighted by Gasteiger charge is 2.38. The quantitative estimate of drug-likeness (QED) is 0.609. The molecule has 0 spiro atoms. The van der Waals surface area contributed by atoms with Gasteiger partial charge in [0.1, 0.15) is 17.9 Å². The highest BCUT2D eigenvalue weighted by atomic mass is 32.2. The van der Waals surface area contributed by atoms with Crippen molar-refractivity contribution in [2.24, 2.45) is 0 Å². The highest BCUT2D eigenvalue weighted by Crippen LogP contribution is 2.26. The summed E-state index contributed by atoms with van der Waals surface area (Å²) in [4.78, 5) is 26.2. The molecule has 1 fully saturated rings. The van der Waals surface area contributed by atoms with Gasteiger partial charge < -0.3 is 24.3 Å². The van der Waals surface area contributed by atoms with Crippen LogP contribution in [0.4, 0.5) is 19.0 Å². The zero-order valence-electron chi connectivity index (χ0n) is 16.6.